The molecule has 0 unspecified atom stereocenters. The van der Waals surface area contributed by atoms with Crippen LogP contribution < -0.4 is 10.6 Å². The second-order valence-electron chi connectivity index (χ2n) is 5.48. The fraction of sp³-hybridized carbons (Fsp3) is 0.769. The number of piperazine rings is 1. The Morgan fingerprint density at radius 1 is 1.30 bits per heavy atom. The SMILES string of the molecule is C[C@@H]1CN(CC(=O)NC(=O)CN2CCCC2=O)CCN1. The number of amides is 3. The topological polar surface area (TPSA) is 81.8 Å². The van der Waals surface area contributed by atoms with E-state index in [0.717, 1.165) is 26.1 Å². The van der Waals surface area contributed by atoms with Gasteiger partial charge < -0.3 is 10.2 Å². The van der Waals surface area contributed by atoms with Crippen LogP contribution in [0.1, 0.15) is 19.8 Å². The number of rotatable bonds is 4. The van der Waals surface area contributed by atoms with Gasteiger partial charge in [-0.05, 0) is 13.3 Å². The zero-order chi connectivity index (χ0) is 14.5. The van der Waals surface area contributed by atoms with Gasteiger partial charge in [-0.25, -0.2) is 0 Å². The molecule has 7 nitrogen and oxygen atoms in total. The van der Waals surface area contributed by atoms with Crippen LogP contribution in [0.3, 0.4) is 0 Å². The van der Waals surface area contributed by atoms with Crippen molar-refractivity contribution in [3.63, 3.8) is 0 Å². The Bertz CT molecular complexity index is 399. The van der Waals surface area contributed by atoms with E-state index >= 15 is 0 Å². The van der Waals surface area contributed by atoms with Crippen LogP contribution in [0.4, 0.5) is 0 Å². The number of likely N-dealkylation sites (tertiary alicyclic amines) is 1. The molecule has 0 aromatic rings. The molecular weight excluding hydrogens is 260 g/mol. The van der Waals surface area contributed by atoms with Gasteiger partial charge in [-0.1, -0.05) is 0 Å². The summed E-state index contributed by atoms with van der Waals surface area (Å²) in [6.07, 6.45) is 1.29. The molecule has 2 aliphatic heterocycles. The van der Waals surface area contributed by atoms with Crippen LogP contribution in [0.5, 0.6) is 0 Å². The van der Waals surface area contributed by atoms with E-state index in [4.69, 9.17) is 0 Å². The average Bonchev–Trinajstić information content (AvgIpc) is 2.74. The molecule has 0 radical (unpaired) electrons. The third-order valence-corrected chi connectivity index (χ3v) is 3.60. The largest absolute Gasteiger partial charge is 0.333 e. The maximum atomic E-state index is 11.8. The van der Waals surface area contributed by atoms with Crippen LogP contribution in [-0.2, 0) is 14.4 Å². The second-order valence-corrected chi connectivity index (χ2v) is 5.48. The first-order valence-electron chi connectivity index (χ1n) is 7.11. The molecule has 20 heavy (non-hydrogen) atoms. The van der Waals surface area contributed by atoms with Crippen LogP contribution in [-0.4, -0.2) is 72.8 Å². The highest BCUT2D eigenvalue weighted by Crippen LogP contribution is 2.08. The second kappa shape index (κ2) is 6.81. The first-order valence-corrected chi connectivity index (χ1v) is 7.11. The molecule has 2 rings (SSSR count). The number of nitrogens with one attached hydrogen (secondary N) is 2. The van der Waals surface area contributed by atoms with E-state index < -0.39 is 5.91 Å². The van der Waals surface area contributed by atoms with E-state index in [1.807, 2.05) is 4.90 Å². The quantitative estimate of drug-likeness (QED) is 0.659. The summed E-state index contributed by atoms with van der Waals surface area (Å²) in [7, 11) is 0. The van der Waals surface area contributed by atoms with Crippen molar-refractivity contribution in [1.29, 1.82) is 0 Å². The first kappa shape index (κ1) is 14.9. The number of hydrogen-bond donors (Lipinski definition) is 2. The smallest absolute Gasteiger partial charge is 0.246 e. The van der Waals surface area contributed by atoms with Crippen molar-refractivity contribution in [3.05, 3.63) is 0 Å². The summed E-state index contributed by atoms with van der Waals surface area (Å²) < 4.78 is 0. The molecule has 0 saturated carbocycles. The summed E-state index contributed by atoms with van der Waals surface area (Å²) in [5.41, 5.74) is 0. The molecule has 112 valence electrons. The molecule has 3 amide bonds. The molecule has 2 aliphatic rings. The zero-order valence-corrected chi connectivity index (χ0v) is 11.9. The summed E-state index contributed by atoms with van der Waals surface area (Å²) in [6.45, 7) is 5.34. The minimum atomic E-state index is -0.395. The van der Waals surface area contributed by atoms with Gasteiger partial charge in [-0.15, -0.1) is 0 Å². The lowest BCUT2D eigenvalue weighted by Crippen LogP contribution is -2.52. The number of carbonyl (C=O) groups is 3. The van der Waals surface area contributed by atoms with Crippen LogP contribution in [0.2, 0.25) is 0 Å². The van der Waals surface area contributed by atoms with Crippen molar-refractivity contribution < 1.29 is 14.4 Å². The lowest BCUT2D eigenvalue weighted by molar-refractivity contribution is -0.136. The number of carbonyl (C=O) groups excluding carboxylic acids is 3. The van der Waals surface area contributed by atoms with Crippen LogP contribution in [0.25, 0.3) is 0 Å². The summed E-state index contributed by atoms with van der Waals surface area (Å²) in [6, 6.07) is 0.356. The Labute approximate surface area is 118 Å². The molecule has 2 saturated heterocycles. The molecule has 2 N–H and O–H groups in total. The Kier molecular flexibility index (Phi) is 5.08. The normalized spacial score (nSPS) is 23.9. The van der Waals surface area contributed by atoms with E-state index in [1.165, 1.54) is 4.90 Å². The molecular formula is C13H22N4O3. The van der Waals surface area contributed by atoms with Crippen molar-refractivity contribution in [2.45, 2.75) is 25.8 Å². The lowest BCUT2D eigenvalue weighted by atomic mass is 10.2. The predicted octanol–water partition coefficient (Wildman–Crippen LogP) is -1.45. The van der Waals surface area contributed by atoms with Crippen molar-refractivity contribution in [2.75, 3.05) is 39.3 Å². The zero-order valence-electron chi connectivity index (χ0n) is 11.9. The van der Waals surface area contributed by atoms with Gasteiger partial charge in [0.15, 0.2) is 0 Å². The van der Waals surface area contributed by atoms with E-state index in [9.17, 15) is 14.4 Å². The van der Waals surface area contributed by atoms with Gasteiger partial charge in [0.05, 0.1) is 13.1 Å². The summed E-state index contributed by atoms with van der Waals surface area (Å²) in [5.74, 6) is -0.701. The number of nitrogens with zero attached hydrogens (tertiary/aromatic N) is 2. The van der Waals surface area contributed by atoms with Crippen molar-refractivity contribution in [2.24, 2.45) is 0 Å². The van der Waals surface area contributed by atoms with Crippen molar-refractivity contribution in [3.8, 4) is 0 Å². The van der Waals surface area contributed by atoms with E-state index in [1.54, 1.807) is 0 Å². The summed E-state index contributed by atoms with van der Waals surface area (Å²) in [4.78, 5) is 38.4. The standard InChI is InChI=1S/C13H22N4O3/c1-10-7-16(6-4-14-10)8-11(18)15-12(19)9-17-5-2-3-13(17)20/h10,14H,2-9H2,1H3,(H,15,18,19)/t10-/m1/s1. The van der Waals surface area contributed by atoms with E-state index in [-0.39, 0.29) is 24.9 Å². The molecule has 0 bridgehead atoms. The highest BCUT2D eigenvalue weighted by atomic mass is 16.2. The average molecular weight is 282 g/mol. The number of imide groups is 1. The molecule has 0 aromatic heterocycles. The van der Waals surface area contributed by atoms with Gasteiger partial charge >= 0.3 is 0 Å². The number of hydrogen-bond acceptors (Lipinski definition) is 5. The lowest BCUT2D eigenvalue weighted by Gasteiger charge is -2.31. The minimum absolute atomic E-state index is 0.0106. The molecule has 0 spiro atoms. The maximum Gasteiger partial charge on any atom is 0.246 e. The van der Waals surface area contributed by atoms with Gasteiger partial charge in [0, 0.05) is 38.6 Å². The Balaban J connectivity index is 1.70. The highest BCUT2D eigenvalue weighted by molar-refractivity contribution is 5.98. The Morgan fingerprint density at radius 3 is 2.70 bits per heavy atom. The highest BCUT2D eigenvalue weighted by Gasteiger charge is 2.24. The molecule has 0 aromatic carbocycles. The third-order valence-electron chi connectivity index (χ3n) is 3.60. The summed E-state index contributed by atoms with van der Waals surface area (Å²) in [5, 5.41) is 5.65. The molecule has 2 fully saturated rings. The first-order chi connectivity index (χ1) is 9.54. The van der Waals surface area contributed by atoms with E-state index in [0.29, 0.717) is 19.0 Å². The van der Waals surface area contributed by atoms with E-state index in [2.05, 4.69) is 17.6 Å². The fourth-order valence-corrected chi connectivity index (χ4v) is 2.64. The molecule has 0 aliphatic carbocycles. The predicted molar refractivity (Wildman–Crippen MR) is 72.9 cm³/mol. The fourth-order valence-electron chi connectivity index (χ4n) is 2.64. The molecule has 2 heterocycles. The molecule has 7 heteroatoms. The monoisotopic (exact) mass is 282 g/mol. The Morgan fingerprint density at radius 2 is 2.05 bits per heavy atom. The van der Waals surface area contributed by atoms with Crippen LogP contribution in [0.15, 0.2) is 0 Å². The van der Waals surface area contributed by atoms with Crippen LogP contribution in [0, 0.1) is 0 Å². The minimum Gasteiger partial charge on any atom is -0.333 e. The van der Waals surface area contributed by atoms with Crippen molar-refractivity contribution in [1.82, 2.24) is 20.4 Å². The molecule has 1 atom stereocenters. The summed E-state index contributed by atoms with van der Waals surface area (Å²) >= 11 is 0. The Hall–Kier alpha value is -1.47. The third kappa shape index (κ3) is 4.28. The van der Waals surface area contributed by atoms with Gasteiger partial charge in [0.1, 0.15) is 0 Å². The van der Waals surface area contributed by atoms with Gasteiger partial charge in [-0.2, -0.15) is 0 Å². The van der Waals surface area contributed by atoms with Gasteiger partial charge in [0.2, 0.25) is 17.7 Å². The van der Waals surface area contributed by atoms with Gasteiger partial charge in [-0.3, -0.25) is 24.6 Å². The maximum absolute atomic E-state index is 11.8. The van der Waals surface area contributed by atoms with Crippen molar-refractivity contribution >= 4 is 17.7 Å². The van der Waals surface area contributed by atoms with Crippen LogP contribution >= 0.6 is 0 Å². The van der Waals surface area contributed by atoms with Gasteiger partial charge in [0.25, 0.3) is 0 Å².